The second-order valence-corrected chi connectivity index (χ2v) is 11.4. The van der Waals surface area contributed by atoms with E-state index in [1.165, 1.54) is 57.8 Å². The molecule has 0 amide bonds. The van der Waals surface area contributed by atoms with E-state index in [-0.39, 0.29) is 11.9 Å². The van der Waals surface area contributed by atoms with Crippen LogP contribution in [0.2, 0.25) is 0 Å². The average molecular weight is 483 g/mol. The van der Waals surface area contributed by atoms with Crippen LogP contribution in [0.3, 0.4) is 0 Å². The number of carbonyl (C=O) groups is 2. The SMILES string of the molecule is CC(C)CCOC(=O)CCCCCCCCCCCCC(CCC(=O)OCCC(C)C)C(C)C. The lowest BCUT2D eigenvalue weighted by Crippen LogP contribution is -2.13. The number of hydrogen-bond acceptors (Lipinski definition) is 4. The summed E-state index contributed by atoms with van der Waals surface area (Å²) in [6, 6.07) is 0. The molecule has 0 aliphatic carbocycles. The molecule has 4 heteroatoms. The van der Waals surface area contributed by atoms with Crippen molar-refractivity contribution in [2.45, 2.75) is 144 Å². The van der Waals surface area contributed by atoms with Crippen LogP contribution in [0.4, 0.5) is 0 Å². The molecule has 1 unspecified atom stereocenters. The number of rotatable bonds is 23. The van der Waals surface area contributed by atoms with Crippen LogP contribution < -0.4 is 0 Å². The van der Waals surface area contributed by atoms with E-state index >= 15 is 0 Å². The average Bonchev–Trinajstić information content (AvgIpc) is 2.75. The normalized spacial score (nSPS) is 12.5. The van der Waals surface area contributed by atoms with Crippen molar-refractivity contribution in [1.82, 2.24) is 0 Å². The summed E-state index contributed by atoms with van der Waals surface area (Å²) in [6.07, 6.45) is 17.8. The van der Waals surface area contributed by atoms with E-state index in [2.05, 4.69) is 41.5 Å². The molecule has 0 aromatic carbocycles. The van der Waals surface area contributed by atoms with Gasteiger partial charge in [0.2, 0.25) is 0 Å². The maximum absolute atomic E-state index is 12.0. The molecule has 0 saturated heterocycles. The fourth-order valence-corrected chi connectivity index (χ4v) is 4.17. The van der Waals surface area contributed by atoms with Gasteiger partial charge in [0.05, 0.1) is 13.2 Å². The van der Waals surface area contributed by atoms with Crippen molar-refractivity contribution in [3.05, 3.63) is 0 Å². The molecule has 0 aliphatic heterocycles. The Labute approximate surface area is 212 Å². The zero-order valence-electron chi connectivity index (χ0n) is 23.7. The zero-order valence-corrected chi connectivity index (χ0v) is 23.7. The molecule has 4 nitrogen and oxygen atoms in total. The van der Waals surface area contributed by atoms with E-state index in [9.17, 15) is 9.59 Å². The maximum atomic E-state index is 12.0. The highest BCUT2D eigenvalue weighted by Crippen LogP contribution is 2.24. The second-order valence-electron chi connectivity index (χ2n) is 11.4. The Morgan fingerprint density at radius 3 is 1.35 bits per heavy atom. The highest BCUT2D eigenvalue weighted by molar-refractivity contribution is 5.69. The van der Waals surface area contributed by atoms with Gasteiger partial charge in [0.15, 0.2) is 0 Å². The van der Waals surface area contributed by atoms with E-state index in [0.29, 0.717) is 49.7 Å². The van der Waals surface area contributed by atoms with E-state index in [0.717, 1.165) is 32.1 Å². The van der Waals surface area contributed by atoms with Gasteiger partial charge < -0.3 is 9.47 Å². The second kappa shape index (κ2) is 22.4. The highest BCUT2D eigenvalue weighted by Gasteiger charge is 2.15. The molecule has 0 fully saturated rings. The number of hydrogen-bond donors (Lipinski definition) is 0. The summed E-state index contributed by atoms with van der Waals surface area (Å²) < 4.78 is 10.6. The topological polar surface area (TPSA) is 52.6 Å². The van der Waals surface area contributed by atoms with E-state index in [1.807, 2.05) is 0 Å². The number of unbranched alkanes of at least 4 members (excludes halogenated alkanes) is 9. The van der Waals surface area contributed by atoms with Crippen molar-refractivity contribution in [3.63, 3.8) is 0 Å². The Kier molecular flexibility index (Phi) is 21.7. The predicted molar refractivity (Wildman–Crippen MR) is 144 cm³/mol. The lowest BCUT2D eigenvalue weighted by atomic mass is 9.86. The number of esters is 2. The van der Waals surface area contributed by atoms with E-state index < -0.39 is 0 Å². The third-order valence-corrected chi connectivity index (χ3v) is 6.78. The lowest BCUT2D eigenvalue weighted by molar-refractivity contribution is -0.145. The van der Waals surface area contributed by atoms with Gasteiger partial charge in [-0.15, -0.1) is 0 Å². The van der Waals surface area contributed by atoms with Gasteiger partial charge in [0, 0.05) is 12.8 Å². The Bertz CT molecular complexity index is 484. The molecule has 0 heterocycles. The third kappa shape index (κ3) is 22.7. The molecule has 34 heavy (non-hydrogen) atoms. The molecule has 0 aromatic heterocycles. The first kappa shape index (κ1) is 32.9. The van der Waals surface area contributed by atoms with Gasteiger partial charge in [0.25, 0.3) is 0 Å². The standard InChI is InChI=1S/C30H58O4/c1-25(2)21-23-33-29(31)18-16-14-12-10-8-7-9-11-13-15-17-28(27(5)6)19-20-30(32)34-24-22-26(3)4/h25-28H,7-24H2,1-6H3. The molecule has 202 valence electrons. The predicted octanol–water partition coefficient (Wildman–Crippen LogP) is 8.90. The maximum Gasteiger partial charge on any atom is 0.305 e. The molecule has 1 atom stereocenters. The van der Waals surface area contributed by atoms with Gasteiger partial charge in [-0.1, -0.05) is 106 Å². The molecule has 0 N–H and O–H groups in total. The first-order chi connectivity index (χ1) is 16.2. The molecule has 0 spiro atoms. The minimum absolute atomic E-state index is 0.0205. The Morgan fingerprint density at radius 1 is 0.500 bits per heavy atom. The van der Waals surface area contributed by atoms with Crippen molar-refractivity contribution in [2.75, 3.05) is 13.2 Å². The van der Waals surface area contributed by atoms with Gasteiger partial charge >= 0.3 is 11.9 Å². The van der Waals surface area contributed by atoms with Crippen LogP contribution in [0.1, 0.15) is 144 Å². The summed E-state index contributed by atoms with van der Waals surface area (Å²) in [7, 11) is 0. The Balaban J connectivity index is 3.56. The van der Waals surface area contributed by atoms with Gasteiger partial charge in [-0.05, 0) is 49.4 Å². The van der Waals surface area contributed by atoms with Crippen molar-refractivity contribution < 1.29 is 19.1 Å². The van der Waals surface area contributed by atoms with Gasteiger partial charge in [-0.2, -0.15) is 0 Å². The molecular formula is C30H58O4. The number of ether oxygens (including phenoxy) is 2. The first-order valence-corrected chi connectivity index (χ1v) is 14.5. The van der Waals surface area contributed by atoms with Crippen molar-refractivity contribution in [1.29, 1.82) is 0 Å². The Hall–Kier alpha value is -1.06. The summed E-state index contributed by atoms with van der Waals surface area (Å²) in [6.45, 7) is 14.3. The summed E-state index contributed by atoms with van der Waals surface area (Å²) in [5.74, 6) is 2.38. The minimum atomic E-state index is -0.0260. The van der Waals surface area contributed by atoms with E-state index in [1.54, 1.807) is 0 Å². The van der Waals surface area contributed by atoms with Crippen LogP contribution in [0.5, 0.6) is 0 Å². The van der Waals surface area contributed by atoms with Crippen molar-refractivity contribution in [3.8, 4) is 0 Å². The quantitative estimate of drug-likeness (QED) is 0.108. The summed E-state index contributed by atoms with van der Waals surface area (Å²) in [4.78, 5) is 23.6. The van der Waals surface area contributed by atoms with Crippen LogP contribution in [-0.4, -0.2) is 25.2 Å². The van der Waals surface area contributed by atoms with Crippen LogP contribution in [0.15, 0.2) is 0 Å². The molecule has 0 bridgehead atoms. The van der Waals surface area contributed by atoms with Crippen LogP contribution in [0, 0.1) is 23.7 Å². The fourth-order valence-electron chi connectivity index (χ4n) is 4.17. The minimum Gasteiger partial charge on any atom is -0.466 e. The lowest BCUT2D eigenvalue weighted by Gasteiger charge is -2.20. The molecule has 0 aromatic rings. The smallest absolute Gasteiger partial charge is 0.305 e. The first-order valence-electron chi connectivity index (χ1n) is 14.5. The molecular weight excluding hydrogens is 424 g/mol. The van der Waals surface area contributed by atoms with Crippen LogP contribution >= 0.6 is 0 Å². The van der Waals surface area contributed by atoms with Gasteiger partial charge in [-0.25, -0.2) is 0 Å². The molecule has 0 aliphatic rings. The molecule has 0 rings (SSSR count). The summed E-state index contributed by atoms with van der Waals surface area (Å²) in [5, 5.41) is 0. The third-order valence-electron chi connectivity index (χ3n) is 6.78. The molecule has 0 radical (unpaired) electrons. The van der Waals surface area contributed by atoms with Crippen LogP contribution in [-0.2, 0) is 19.1 Å². The van der Waals surface area contributed by atoms with E-state index in [4.69, 9.17) is 9.47 Å². The highest BCUT2D eigenvalue weighted by atomic mass is 16.5. The number of carbonyl (C=O) groups excluding carboxylic acids is 2. The zero-order chi connectivity index (χ0) is 25.6. The van der Waals surface area contributed by atoms with Crippen LogP contribution in [0.25, 0.3) is 0 Å². The van der Waals surface area contributed by atoms with Gasteiger partial charge in [-0.3, -0.25) is 9.59 Å². The summed E-state index contributed by atoms with van der Waals surface area (Å²) in [5.41, 5.74) is 0. The van der Waals surface area contributed by atoms with Crippen molar-refractivity contribution in [2.24, 2.45) is 23.7 Å². The fraction of sp³-hybridized carbons (Fsp3) is 0.933. The Morgan fingerprint density at radius 2 is 0.912 bits per heavy atom. The van der Waals surface area contributed by atoms with Crippen molar-refractivity contribution >= 4 is 11.9 Å². The monoisotopic (exact) mass is 482 g/mol. The summed E-state index contributed by atoms with van der Waals surface area (Å²) >= 11 is 0. The largest absolute Gasteiger partial charge is 0.466 e. The molecule has 0 saturated carbocycles. The van der Waals surface area contributed by atoms with Gasteiger partial charge in [0.1, 0.15) is 0 Å².